The van der Waals surface area contributed by atoms with Crippen molar-refractivity contribution in [3.8, 4) is 0 Å². The van der Waals surface area contributed by atoms with E-state index < -0.39 is 0 Å². The smallest absolute Gasteiger partial charge is 0.330 e. The molecule has 0 aliphatic carbocycles. The molecule has 1 atom stereocenters. The second-order valence-electron chi connectivity index (χ2n) is 8.40. The Bertz CT molecular complexity index is 348. The second kappa shape index (κ2) is 22.5. The summed E-state index contributed by atoms with van der Waals surface area (Å²) in [6.07, 6.45) is 28.2. The van der Waals surface area contributed by atoms with Crippen LogP contribution in [0.1, 0.15) is 143 Å². The van der Waals surface area contributed by atoms with Crippen molar-refractivity contribution in [1.82, 2.24) is 0 Å². The van der Waals surface area contributed by atoms with Gasteiger partial charge >= 0.3 is 5.97 Å². The standard InChI is InChI=1S/C26H50O2/c1-4-7-9-10-11-12-13-14-15-16-17-18-19-20-22-24-26(27)28-25(6-3)23-21-8-5-2/h22,24-25H,4-21,23H2,1-3H3/b24-22+. The third-order valence-corrected chi connectivity index (χ3v) is 5.60. The van der Waals surface area contributed by atoms with Gasteiger partial charge in [-0.3, -0.25) is 0 Å². The molecule has 0 aromatic rings. The Hall–Kier alpha value is -0.790. The Morgan fingerprint density at radius 3 is 1.64 bits per heavy atom. The summed E-state index contributed by atoms with van der Waals surface area (Å²) in [5.74, 6) is -0.155. The quantitative estimate of drug-likeness (QED) is 0.110. The largest absolute Gasteiger partial charge is 0.459 e. The SMILES string of the molecule is CCCCCCCCCCCCCCC/C=C/C(=O)OC(CC)CCCCC. The zero-order chi connectivity index (χ0) is 20.7. The van der Waals surface area contributed by atoms with E-state index in [4.69, 9.17) is 4.74 Å². The van der Waals surface area contributed by atoms with Crippen LogP contribution in [-0.2, 0) is 9.53 Å². The van der Waals surface area contributed by atoms with Gasteiger partial charge in [-0.15, -0.1) is 0 Å². The molecule has 0 saturated heterocycles. The van der Waals surface area contributed by atoms with Crippen LogP contribution in [0.25, 0.3) is 0 Å². The van der Waals surface area contributed by atoms with E-state index in [1.54, 1.807) is 6.08 Å². The molecule has 0 aromatic heterocycles. The van der Waals surface area contributed by atoms with Gasteiger partial charge in [0, 0.05) is 6.08 Å². The van der Waals surface area contributed by atoms with Gasteiger partial charge in [0.25, 0.3) is 0 Å². The van der Waals surface area contributed by atoms with Crippen molar-refractivity contribution < 1.29 is 9.53 Å². The molecule has 0 spiro atoms. The molecular formula is C26H50O2. The maximum Gasteiger partial charge on any atom is 0.330 e. The Morgan fingerprint density at radius 2 is 1.14 bits per heavy atom. The van der Waals surface area contributed by atoms with E-state index in [2.05, 4.69) is 20.8 Å². The van der Waals surface area contributed by atoms with E-state index in [9.17, 15) is 4.79 Å². The third kappa shape index (κ3) is 20.0. The summed E-state index contributed by atoms with van der Waals surface area (Å²) >= 11 is 0. The molecule has 0 fully saturated rings. The van der Waals surface area contributed by atoms with Crippen LogP contribution in [0.2, 0.25) is 0 Å². The number of unbranched alkanes of at least 4 members (excludes halogenated alkanes) is 15. The summed E-state index contributed by atoms with van der Waals surface area (Å²) in [4.78, 5) is 11.9. The predicted molar refractivity (Wildman–Crippen MR) is 124 cm³/mol. The number of hydrogen-bond acceptors (Lipinski definition) is 2. The molecule has 1 unspecified atom stereocenters. The molecule has 0 heterocycles. The minimum absolute atomic E-state index is 0.0973. The first-order valence-corrected chi connectivity index (χ1v) is 12.6. The van der Waals surface area contributed by atoms with E-state index >= 15 is 0 Å². The van der Waals surface area contributed by atoms with Crippen molar-refractivity contribution in [2.24, 2.45) is 0 Å². The Labute approximate surface area is 176 Å². The molecule has 0 aliphatic rings. The maximum atomic E-state index is 11.9. The number of allylic oxidation sites excluding steroid dienone is 1. The van der Waals surface area contributed by atoms with Gasteiger partial charge in [0.2, 0.25) is 0 Å². The molecule has 0 aliphatic heterocycles. The van der Waals surface area contributed by atoms with E-state index in [0.717, 1.165) is 25.7 Å². The highest BCUT2D eigenvalue weighted by Crippen LogP contribution is 2.13. The molecule has 0 radical (unpaired) electrons. The van der Waals surface area contributed by atoms with Gasteiger partial charge in [0.1, 0.15) is 6.10 Å². The lowest BCUT2D eigenvalue weighted by Crippen LogP contribution is -2.15. The van der Waals surface area contributed by atoms with Crippen LogP contribution >= 0.6 is 0 Å². The fraction of sp³-hybridized carbons (Fsp3) is 0.885. The van der Waals surface area contributed by atoms with Crippen LogP contribution in [0.4, 0.5) is 0 Å². The summed E-state index contributed by atoms with van der Waals surface area (Å²) in [6, 6.07) is 0. The van der Waals surface area contributed by atoms with Crippen LogP contribution in [0.15, 0.2) is 12.2 Å². The van der Waals surface area contributed by atoms with Gasteiger partial charge < -0.3 is 4.74 Å². The molecule has 2 nitrogen and oxygen atoms in total. The molecule has 0 aromatic carbocycles. The first-order chi connectivity index (χ1) is 13.7. The zero-order valence-corrected chi connectivity index (χ0v) is 19.5. The van der Waals surface area contributed by atoms with Crippen molar-refractivity contribution >= 4 is 5.97 Å². The van der Waals surface area contributed by atoms with E-state index in [1.807, 2.05) is 6.08 Å². The summed E-state index contributed by atoms with van der Waals surface area (Å²) in [5, 5.41) is 0. The number of carbonyl (C=O) groups is 1. The van der Waals surface area contributed by atoms with E-state index in [1.165, 1.54) is 96.3 Å². The predicted octanol–water partition coefficient (Wildman–Crippen LogP) is 8.93. The van der Waals surface area contributed by atoms with Gasteiger partial charge in [-0.05, 0) is 32.1 Å². The maximum absolute atomic E-state index is 11.9. The molecule has 2 heteroatoms. The van der Waals surface area contributed by atoms with Gasteiger partial charge in [0.15, 0.2) is 0 Å². The van der Waals surface area contributed by atoms with E-state index in [0.29, 0.717) is 0 Å². The highest BCUT2D eigenvalue weighted by Gasteiger charge is 2.09. The second-order valence-corrected chi connectivity index (χ2v) is 8.40. The van der Waals surface area contributed by atoms with Crippen LogP contribution < -0.4 is 0 Å². The zero-order valence-electron chi connectivity index (χ0n) is 19.5. The fourth-order valence-corrected chi connectivity index (χ4v) is 3.63. The average Bonchev–Trinajstić information content (AvgIpc) is 2.70. The lowest BCUT2D eigenvalue weighted by atomic mass is 10.0. The van der Waals surface area contributed by atoms with Crippen LogP contribution in [-0.4, -0.2) is 12.1 Å². The summed E-state index contributed by atoms with van der Waals surface area (Å²) < 4.78 is 5.54. The highest BCUT2D eigenvalue weighted by molar-refractivity contribution is 5.82. The van der Waals surface area contributed by atoms with Crippen LogP contribution in [0.3, 0.4) is 0 Å². The third-order valence-electron chi connectivity index (χ3n) is 5.60. The highest BCUT2D eigenvalue weighted by atomic mass is 16.5. The summed E-state index contributed by atoms with van der Waals surface area (Å²) in [7, 11) is 0. The normalized spacial score (nSPS) is 12.5. The number of rotatable bonds is 21. The number of hydrogen-bond donors (Lipinski definition) is 0. The lowest BCUT2D eigenvalue weighted by molar-refractivity contribution is -0.143. The van der Waals surface area contributed by atoms with Gasteiger partial charge in [-0.25, -0.2) is 4.79 Å². The van der Waals surface area contributed by atoms with Crippen molar-refractivity contribution in [3.63, 3.8) is 0 Å². The Kier molecular flexibility index (Phi) is 21.9. The summed E-state index contributed by atoms with van der Waals surface area (Å²) in [6.45, 7) is 6.58. The molecule has 0 amide bonds. The monoisotopic (exact) mass is 394 g/mol. The Morgan fingerprint density at radius 1 is 0.679 bits per heavy atom. The molecule has 0 N–H and O–H groups in total. The molecule has 0 rings (SSSR count). The van der Waals surface area contributed by atoms with Crippen LogP contribution in [0.5, 0.6) is 0 Å². The number of esters is 1. The summed E-state index contributed by atoms with van der Waals surface area (Å²) in [5.41, 5.74) is 0. The number of carbonyl (C=O) groups excluding carboxylic acids is 1. The van der Waals surface area contributed by atoms with Gasteiger partial charge in [-0.1, -0.05) is 117 Å². The van der Waals surface area contributed by atoms with E-state index in [-0.39, 0.29) is 12.1 Å². The van der Waals surface area contributed by atoms with Crippen molar-refractivity contribution in [3.05, 3.63) is 12.2 Å². The Balaban J connectivity index is 3.41. The van der Waals surface area contributed by atoms with Crippen LogP contribution in [0, 0.1) is 0 Å². The minimum Gasteiger partial charge on any atom is -0.459 e. The van der Waals surface area contributed by atoms with Gasteiger partial charge in [0.05, 0.1) is 0 Å². The molecular weight excluding hydrogens is 344 g/mol. The minimum atomic E-state index is -0.155. The van der Waals surface area contributed by atoms with Crippen molar-refractivity contribution in [2.45, 2.75) is 149 Å². The fourth-order valence-electron chi connectivity index (χ4n) is 3.63. The first kappa shape index (κ1) is 27.2. The number of ether oxygens (including phenoxy) is 1. The topological polar surface area (TPSA) is 26.3 Å². The molecule has 0 bridgehead atoms. The lowest BCUT2D eigenvalue weighted by Gasteiger charge is -2.14. The van der Waals surface area contributed by atoms with Crippen molar-refractivity contribution in [1.29, 1.82) is 0 Å². The molecule has 28 heavy (non-hydrogen) atoms. The first-order valence-electron chi connectivity index (χ1n) is 12.6. The van der Waals surface area contributed by atoms with Crippen molar-refractivity contribution in [2.75, 3.05) is 0 Å². The average molecular weight is 395 g/mol. The molecule has 0 saturated carbocycles. The molecule has 166 valence electrons. The van der Waals surface area contributed by atoms with Gasteiger partial charge in [-0.2, -0.15) is 0 Å².